The zero-order chi connectivity index (χ0) is 18.8. The highest BCUT2D eigenvalue weighted by atomic mass is 35.5. The van der Waals surface area contributed by atoms with Gasteiger partial charge in [-0.05, 0) is 42.5 Å². The Balaban J connectivity index is 2.19. The molecule has 5 nitrogen and oxygen atoms in total. The number of rotatable bonds is 5. The topological polar surface area (TPSA) is 57.7 Å². The summed E-state index contributed by atoms with van der Waals surface area (Å²) >= 11 is 11.8. The molecule has 0 atom stereocenters. The molecular weight excluding hydrogens is 390 g/mol. The van der Waals surface area contributed by atoms with Gasteiger partial charge >= 0.3 is 0 Å². The largest absolute Gasteiger partial charge is 0.314 e. The zero-order valence-electron chi connectivity index (χ0n) is 13.4. The smallest absolute Gasteiger partial charge is 0.244 e. The van der Waals surface area contributed by atoms with Crippen molar-refractivity contribution in [2.45, 2.75) is 4.90 Å². The summed E-state index contributed by atoms with van der Waals surface area (Å²) in [5.74, 6) is -0.921. The summed E-state index contributed by atoms with van der Waals surface area (Å²) in [5, 5.41) is 0.224. The van der Waals surface area contributed by atoms with Gasteiger partial charge in [-0.25, -0.2) is 12.8 Å². The van der Waals surface area contributed by atoms with Crippen molar-refractivity contribution in [1.82, 2.24) is 4.31 Å². The van der Waals surface area contributed by atoms with Crippen LogP contribution in [0.4, 0.5) is 10.1 Å². The third-order valence-electron chi connectivity index (χ3n) is 3.53. The Morgan fingerprint density at radius 2 is 1.68 bits per heavy atom. The molecule has 134 valence electrons. The molecule has 0 aliphatic carbocycles. The summed E-state index contributed by atoms with van der Waals surface area (Å²) in [6.45, 7) is -0.418. The van der Waals surface area contributed by atoms with E-state index in [4.69, 9.17) is 23.2 Å². The first-order chi connectivity index (χ1) is 11.6. The molecule has 0 fully saturated rings. The Kier molecular flexibility index (Phi) is 6.05. The molecule has 2 aromatic carbocycles. The highest BCUT2D eigenvalue weighted by Crippen LogP contribution is 2.27. The molecule has 0 saturated heterocycles. The van der Waals surface area contributed by atoms with Crippen LogP contribution in [0.2, 0.25) is 10.0 Å². The lowest BCUT2D eigenvalue weighted by Gasteiger charge is -2.22. The lowest BCUT2D eigenvalue weighted by molar-refractivity contribution is -0.118. The third kappa shape index (κ3) is 4.49. The van der Waals surface area contributed by atoms with Gasteiger partial charge in [-0.1, -0.05) is 23.2 Å². The number of carbonyl (C=O) groups excluding carboxylic acids is 1. The van der Waals surface area contributed by atoms with Crippen LogP contribution in [-0.4, -0.2) is 39.3 Å². The van der Waals surface area contributed by atoms with Gasteiger partial charge in [0.1, 0.15) is 10.7 Å². The number of sulfonamides is 1. The van der Waals surface area contributed by atoms with Crippen molar-refractivity contribution >= 4 is 44.8 Å². The fourth-order valence-corrected chi connectivity index (χ4v) is 3.89. The molecule has 0 unspecified atom stereocenters. The Hall–Kier alpha value is -1.67. The van der Waals surface area contributed by atoms with Crippen molar-refractivity contribution in [1.29, 1.82) is 0 Å². The summed E-state index contributed by atoms with van der Waals surface area (Å²) in [5.41, 5.74) is 0.443. The molecule has 0 aliphatic heterocycles. The van der Waals surface area contributed by atoms with Crippen LogP contribution in [-0.2, 0) is 14.8 Å². The van der Waals surface area contributed by atoms with Crippen LogP contribution in [0.25, 0.3) is 0 Å². The van der Waals surface area contributed by atoms with Gasteiger partial charge in [-0.3, -0.25) is 4.79 Å². The minimum absolute atomic E-state index is 0.00980. The first-order valence-electron chi connectivity index (χ1n) is 7.06. The van der Waals surface area contributed by atoms with Crippen LogP contribution >= 0.6 is 23.2 Å². The Labute approximate surface area is 155 Å². The second-order valence-electron chi connectivity index (χ2n) is 5.26. The molecule has 0 spiro atoms. The number of amides is 1. The van der Waals surface area contributed by atoms with Crippen molar-refractivity contribution in [3.8, 4) is 0 Å². The molecule has 0 aliphatic rings. The lowest BCUT2D eigenvalue weighted by atomic mass is 10.3. The van der Waals surface area contributed by atoms with Crippen molar-refractivity contribution in [3.63, 3.8) is 0 Å². The second-order valence-corrected chi connectivity index (χ2v) is 8.12. The van der Waals surface area contributed by atoms with Gasteiger partial charge in [0, 0.05) is 24.8 Å². The number of benzene rings is 2. The molecule has 2 rings (SSSR count). The van der Waals surface area contributed by atoms with Crippen LogP contribution in [0.15, 0.2) is 47.4 Å². The predicted octanol–water partition coefficient (Wildman–Crippen LogP) is 3.42. The van der Waals surface area contributed by atoms with Gasteiger partial charge in [-0.2, -0.15) is 4.31 Å². The molecular formula is C16H15Cl2FN2O3S. The average Bonchev–Trinajstić information content (AvgIpc) is 2.56. The van der Waals surface area contributed by atoms with E-state index in [1.54, 1.807) is 0 Å². The average molecular weight is 405 g/mol. The minimum Gasteiger partial charge on any atom is -0.314 e. The summed E-state index contributed by atoms with van der Waals surface area (Å²) in [4.78, 5) is 13.4. The van der Waals surface area contributed by atoms with E-state index in [1.807, 2.05) is 0 Å². The number of carbonyl (C=O) groups is 1. The van der Waals surface area contributed by atoms with Gasteiger partial charge in [0.15, 0.2) is 0 Å². The first kappa shape index (κ1) is 19.7. The predicted molar refractivity (Wildman–Crippen MR) is 96.1 cm³/mol. The monoisotopic (exact) mass is 404 g/mol. The highest BCUT2D eigenvalue weighted by molar-refractivity contribution is 7.89. The highest BCUT2D eigenvalue weighted by Gasteiger charge is 2.27. The number of hydrogen-bond acceptors (Lipinski definition) is 3. The molecule has 0 heterocycles. The van der Waals surface area contributed by atoms with E-state index < -0.39 is 28.3 Å². The summed E-state index contributed by atoms with van der Waals surface area (Å²) in [6, 6.07) is 9.35. The van der Waals surface area contributed by atoms with Crippen molar-refractivity contribution in [2.24, 2.45) is 0 Å². The van der Waals surface area contributed by atoms with E-state index in [-0.39, 0.29) is 14.9 Å². The van der Waals surface area contributed by atoms with Crippen LogP contribution in [0.5, 0.6) is 0 Å². The van der Waals surface area contributed by atoms with Crippen molar-refractivity contribution in [2.75, 3.05) is 25.5 Å². The third-order valence-corrected chi connectivity index (χ3v) is 6.05. The number of anilines is 1. The van der Waals surface area contributed by atoms with Gasteiger partial charge in [0.25, 0.3) is 0 Å². The van der Waals surface area contributed by atoms with Crippen molar-refractivity contribution in [3.05, 3.63) is 58.3 Å². The summed E-state index contributed by atoms with van der Waals surface area (Å²) in [7, 11) is -1.26. The first-order valence-corrected chi connectivity index (χ1v) is 9.26. The fraction of sp³-hybridized carbons (Fsp3) is 0.188. The Bertz CT molecular complexity index is 889. The number of nitrogens with zero attached hydrogens (tertiary/aromatic N) is 2. The maximum absolute atomic E-state index is 13.0. The lowest BCUT2D eigenvalue weighted by Crippen LogP contribution is -2.39. The van der Waals surface area contributed by atoms with Gasteiger partial charge in [0.05, 0.1) is 11.6 Å². The van der Waals surface area contributed by atoms with E-state index in [2.05, 4.69) is 0 Å². The molecule has 0 bridgehead atoms. The zero-order valence-corrected chi connectivity index (χ0v) is 15.7. The van der Waals surface area contributed by atoms with Crippen molar-refractivity contribution < 1.29 is 17.6 Å². The normalized spacial score (nSPS) is 11.6. The van der Waals surface area contributed by atoms with Crippen LogP contribution < -0.4 is 4.90 Å². The van der Waals surface area contributed by atoms with E-state index in [0.29, 0.717) is 5.69 Å². The maximum atomic E-state index is 13.0. The van der Waals surface area contributed by atoms with Crippen LogP contribution in [0.1, 0.15) is 0 Å². The molecule has 0 saturated carbocycles. The molecule has 9 heteroatoms. The molecule has 1 amide bonds. The minimum atomic E-state index is -4.00. The standard InChI is InChI=1S/C16H15Cl2FN2O3S/c1-20(25(23,24)15-9-11(17)3-8-14(15)18)10-16(22)21(2)13-6-4-12(19)5-7-13/h3-9H,10H2,1-2H3. The molecule has 0 N–H and O–H groups in total. The van der Waals surface area contributed by atoms with E-state index in [1.165, 1.54) is 61.5 Å². The quantitative estimate of drug-likeness (QED) is 0.766. The van der Waals surface area contributed by atoms with E-state index in [9.17, 15) is 17.6 Å². The molecule has 2 aromatic rings. The molecule has 0 radical (unpaired) electrons. The Morgan fingerprint density at radius 1 is 1.08 bits per heavy atom. The fourth-order valence-electron chi connectivity index (χ4n) is 2.03. The second kappa shape index (κ2) is 7.70. The number of hydrogen-bond donors (Lipinski definition) is 0. The van der Waals surface area contributed by atoms with Gasteiger partial charge < -0.3 is 4.90 Å². The van der Waals surface area contributed by atoms with E-state index in [0.717, 1.165) is 4.31 Å². The van der Waals surface area contributed by atoms with Crippen LogP contribution in [0.3, 0.4) is 0 Å². The SMILES string of the molecule is CN(C(=O)CN(C)S(=O)(=O)c1cc(Cl)ccc1Cl)c1ccc(F)cc1. The summed E-state index contributed by atoms with van der Waals surface area (Å²) in [6.07, 6.45) is 0. The Morgan fingerprint density at radius 3 is 2.28 bits per heavy atom. The molecule has 25 heavy (non-hydrogen) atoms. The summed E-state index contributed by atoms with van der Waals surface area (Å²) < 4.78 is 39.1. The number of likely N-dealkylation sites (N-methyl/N-ethyl adjacent to an activating group) is 2. The van der Waals surface area contributed by atoms with Crippen LogP contribution in [0, 0.1) is 5.82 Å². The number of halogens is 3. The van der Waals surface area contributed by atoms with Gasteiger partial charge in [0.2, 0.25) is 15.9 Å². The molecule has 0 aromatic heterocycles. The maximum Gasteiger partial charge on any atom is 0.244 e. The van der Waals surface area contributed by atoms with E-state index >= 15 is 0 Å². The van der Waals surface area contributed by atoms with Gasteiger partial charge in [-0.15, -0.1) is 0 Å².